The number of carbonyl (C=O) groups is 2. The Labute approximate surface area is 126 Å². The van der Waals surface area contributed by atoms with Crippen LogP contribution in [0.3, 0.4) is 0 Å². The maximum Gasteiger partial charge on any atom is 0.414 e. The summed E-state index contributed by atoms with van der Waals surface area (Å²) in [5.41, 5.74) is 1.64. The van der Waals surface area contributed by atoms with Gasteiger partial charge in [-0.25, -0.2) is 9.18 Å². The van der Waals surface area contributed by atoms with E-state index in [-0.39, 0.29) is 17.8 Å². The van der Waals surface area contributed by atoms with Crippen LogP contribution in [-0.2, 0) is 4.74 Å². The Balaban J connectivity index is 1.70. The molecule has 0 bridgehead atoms. The van der Waals surface area contributed by atoms with E-state index in [1.54, 1.807) is 24.3 Å². The highest BCUT2D eigenvalue weighted by Crippen LogP contribution is 2.19. The van der Waals surface area contributed by atoms with Crippen molar-refractivity contribution in [2.24, 2.45) is 0 Å². The minimum Gasteiger partial charge on any atom is -0.447 e. The molecule has 2 amide bonds. The van der Waals surface area contributed by atoms with Gasteiger partial charge in [-0.05, 0) is 48.5 Å². The molecule has 0 saturated carbocycles. The van der Waals surface area contributed by atoms with E-state index < -0.39 is 0 Å². The lowest BCUT2D eigenvalue weighted by Gasteiger charge is -2.13. The SMILES string of the molecule is O=C(Nc1ccc(F)cc1)c1ccc(N2CCOC2=O)cc1. The number of anilines is 2. The molecule has 1 aliphatic heterocycles. The molecule has 0 aromatic heterocycles. The monoisotopic (exact) mass is 300 g/mol. The van der Waals surface area contributed by atoms with Crippen LogP contribution < -0.4 is 10.2 Å². The number of benzene rings is 2. The van der Waals surface area contributed by atoms with Crippen molar-refractivity contribution in [2.75, 3.05) is 23.4 Å². The van der Waals surface area contributed by atoms with E-state index in [0.29, 0.717) is 30.1 Å². The zero-order chi connectivity index (χ0) is 15.5. The summed E-state index contributed by atoms with van der Waals surface area (Å²) in [5.74, 6) is -0.665. The standard InChI is InChI=1S/C16H13FN2O3/c17-12-3-5-13(6-4-12)18-15(20)11-1-7-14(8-2-11)19-9-10-22-16(19)21/h1-8H,9-10H2,(H,18,20). The maximum atomic E-state index is 12.8. The first-order chi connectivity index (χ1) is 10.6. The molecular weight excluding hydrogens is 287 g/mol. The second kappa shape index (κ2) is 5.85. The molecule has 6 heteroatoms. The molecule has 1 aliphatic rings. The zero-order valence-electron chi connectivity index (χ0n) is 11.6. The van der Waals surface area contributed by atoms with E-state index in [0.717, 1.165) is 0 Å². The van der Waals surface area contributed by atoms with Crippen LogP contribution in [0.15, 0.2) is 48.5 Å². The van der Waals surface area contributed by atoms with Gasteiger partial charge in [0.1, 0.15) is 12.4 Å². The van der Waals surface area contributed by atoms with Crippen molar-refractivity contribution >= 4 is 23.4 Å². The summed E-state index contributed by atoms with van der Waals surface area (Å²) in [5, 5.41) is 2.67. The molecule has 0 spiro atoms. The largest absolute Gasteiger partial charge is 0.447 e. The van der Waals surface area contributed by atoms with Gasteiger partial charge in [-0.1, -0.05) is 0 Å². The Bertz CT molecular complexity index is 698. The summed E-state index contributed by atoms with van der Waals surface area (Å²) in [6, 6.07) is 12.1. The van der Waals surface area contributed by atoms with Crippen LogP contribution in [0.1, 0.15) is 10.4 Å². The van der Waals surface area contributed by atoms with Crippen LogP contribution >= 0.6 is 0 Å². The highest BCUT2D eigenvalue weighted by atomic mass is 19.1. The van der Waals surface area contributed by atoms with Crippen LogP contribution in [0.5, 0.6) is 0 Å². The van der Waals surface area contributed by atoms with Gasteiger partial charge in [-0.2, -0.15) is 0 Å². The summed E-state index contributed by atoms with van der Waals surface area (Å²) >= 11 is 0. The first-order valence-corrected chi connectivity index (χ1v) is 6.75. The Morgan fingerprint density at radius 1 is 1.09 bits per heavy atom. The Kier molecular flexibility index (Phi) is 3.74. The lowest BCUT2D eigenvalue weighted by Crippen LogP contribution is -2.23. The second-order valence-electron chi connectivity index (χ2n) is 4.77. The molecule has 0 radical (unpaired) electrons. The molecule has 0 atom stereocenters. The molecule has 5 nitrogen and oxygen atoms in total. The van der Waals surface area contributed by atoms with Crippen LogP contribution in [0.2, 0.25) is 0 Å². The van der Waals surface area contributed by atoms with E-state index in [4.69, 9.17) is 4.74 Å². The van der Waals surface area contributed by atoms with Crippen LogP contribution in [0.4, 0.5) is 20.6 Å². The average Bonchev–Trinajstić information content (AvgIpc) is 2.96. The average molecular weight is 300 g/mol. The predicted molar refractivity (Wildman–Crippen MR) is 79.5 cm³/mol. The second-order valence-corrected chi connectivity index (χ2v) is 4.77. The summed E-state index contributed by atoms with van der Waals surface area (Å²) in [6.45, 7) is 0.867. The number of nitrogens with one attached hydrogen (secondary N) is 1. The Morgan fingerprint density at radius 2 is 1.77 bits per heavy atom. The van der Waals surface area contributed by atoms with Gasteiger partial charge in [0, 0.05) is 16.9 Å². The van der Waals surface area contributed by atoms with Gasteiger partial charge < -0.3 is 10.1 Å². The lowest BCUT2D eigenvalue weighted by molar-refractivity contribution is 0.102. The molecule has 0 aliphatic carbocycles. The van der Waals surface area contributed by atoms with E-state index in [1.165, 1.54) is 29.2 Å². The predicted octanol–water partition coefficient (Wildman–Crippen LogP) is 3.03. The van der Waals surface area contributed by atoms with Crippen molar-refractivity contribution in [2.45, 2.75) is 0 Å². The zero-order valence-corrected chi connectivity index (χ0v) is 11.6. The number of hydrogen-bond donors (Lipinski definition) is 1. The third-order valence-corrected chi connectivity index (χ3v) is 3.30. The summed E-state index contributed by atoms with van der Waals surface area (Å²) in [7, 11) is 0. The molecule has 1 N–H and O–H groups in total. The number of halogens is 1. The first-order valence-electron chi connectivity index (χ1n) is 6.75. The molecule has 1 fully saturated rings. The molecule has 2 aromatic rings. The number of ether oxygens (including phenoxy) is 1. The van der Waals surface area contributed by atoms with Gasteiger partial charge in [0.2, 0.25) is 0 Å². The molecule has 2 aromatic carbocycles. The number of carbonyl (C=O) groups excluding carboxylic acids is 2. The highest BCUT2D eigenvalue weighted by molar-refractivity contribution is 6.04. The quantitative estimate of drug-likeness (QED) is 0.948. The van der Waals surface area contributed by atoms with Crippen LogP contribution in [0.25, 0.3) is 0 Å². The highest BCUT2D eigenvalue weighted by Gasteiger charge is 2.23. The maximum absolute atomic E-state index is 12.8. The molecule has 3 rings (SSSR count). The number of nitrogens with zero attached hydrogens (tertiary/aromatic N) is 1. The number of rotatable bonds is 3. The molecule has 112 valence electrons. The smallest absolute Gasteiger partial charge is 0.414 e. The number of cyclic esters (lactones) is 1. The molecule has 22 heavy (non-hydrogen) atoms. The molecule has 1 heterocycles. The van der Waals surface area contributed by atoms with Gasteiger partial charge in [-0.15, -0.1) is 0 Å². The fraction of sp³-hybridized carbons (Fsp3) is 0.125. The van der Waals surface area contributed by atoms with Crippen molar-refractivity contribution in [3.05, 3.63) is 59.9 Å². The van der Waals surface area contributed by atoms with E-state index in [2.05, 4.69) is 5.32 Å². The van der Waals surface area contributed by atoms with Crippen molar-refractivity contribution in [1.82, 2.24) is 0 Å². The summed E-state index contributed by atoms with van der Waals surface area (Å²) in [6.07, 6.45) is -0.386. The Hall–Kier alpha value is -2.89. The fourth-order valence-corrected chi connectivity index (χ4v) is 2.16. The van der Waals surface area contributed by atoms with Gasteiger partial charge in [0.05, 0.1) is 6.54 Å². The van der Waals surface area contributed by atoms with Crippen molar-refractivity contribution < 1.29 is 18.7 Å². The van der Waals surface area contributed by atoms with Gasteiger partial charge in [0.15, 0.2) is 0 Å². The molecule has 1 saturated heterocycles. The fourth-order valence-electron chi connectivity index (χ4n) is 2.16. The van der Waals surface area contributed by atoms with E-state index >= 15 is 0 Å². The third-order valence-electron chi connectivity index (χ3n) is 3.30. The van der Waals surface area contributed by atoms with E-state index in [1.807, 2.05) is 0 Å². The summed E-state index contributed by atoms with van der Waals surface area (Å²) < 4.78 is 17.7. The number of amides is 2. The van der Waals surface area contributed by atoms with Crippen LogP contribution in [0, 0.1) is 5.82 Å². The topological polar surface area (TPSA) is 58.6 Å². The summed E-state index contributed by atoms with van der Waals surface area (Å²) in [4.78, 5) is 25.0. The lowest BCUT2D eigenvalue weighted by atomic mass is 10.1. The third kappa shape index (κ3) is 2.90. The van der Waals surface area contributed by atoms with Crippen molar-refractivity contribution in [3.8, 4) is 0 Å². The van der Waals surface area contributed by atoms with Crippen molar-refractivity contribution in [1.29, 1.82) is 0 Å². The molecular formula is C16H13FN2O3. The van der Waals surface area contributed by atoms with Gasteiger partial charge >= 0.3 is 6.09 Å². The van der Waals surface area contributed by atoms with E-state index in [9.17, 15) is 14.0 Å². The van der Waals surface area contributed by atoms with Crippen molar-refractivity contribution in [3.63, 3.8) is 0 Å². The minimum atomic E-state index is -0.386. The van der Waals surface area contributed by atoms with Gasteiger partial charge in [0.25, 0.3) is 5.91 Å². The Morgan fingerprint density at radius 3 is 2.36 bits per heavy atom. The van der Waals surface area contributed by atoms with Gasteiger partial charge in [-0.3, -0.25) is 9.69 Å². The van der Waals surface area contributed by atoms with Crippen LogP contribution in [-0.4, -0.2) is 25.2 Å². The normalized spacial score (nSPS) is 13.9. The first kappa shape index (κ1) is 14.1. The minimum absolute atomic E-state index is 0.304. The number of hydrogen-bond acceptors (Lipinski definition) is 3. The molecule has 0 unspecified atom stereocenters.